The Bertz CT molecular complexity index is 486. The van der Waals surface area contributed by atoms with Gasteiger partial charge in [0.15, 0.2) is 0 Å². The molecule has 0 aromatic heterocycles. The molecule has 98 valence electrons. The van der Waals surface area contributed by atoms with Crippen LogP contribution in [-0.4, -0.2) is 23.5 Å². The molecule has 18 heavy (non-hydrogen) atoms. The second-order valence-corrected chi connectivity index (χ2v) is 5.01. The smallest absolute Gasteiger partial charge is 0.310 e. The van der Waals surface area contributed by atoms with Crippen LogP contribution in [0.3, 0.4) is 0 Å². The van der Waals surface area contributed by atoms with Crippen LogP contribution in [0.4, 0.5) is 5.69 Å². The number of nitrogens with two attached hydrogens (primary N) is 1. The summed E-state index contributed by atoms with van der Waals surface area (Å²) in [6, 6.07) is 4.67. The molecule has 0 unspecified atom stereocenters. The van der Waals surface area contributed by atoms with Crippen molar-refractivity contribution in [1.82, 2.24) is 0 Å². The molecule has 1 amide bonds. The summed E-state index contributed by atoms with van der Waals surface area (Å²) in [5, 5.41) is 12.2. The zero-order valence-electron chi connectivity index (χ0n) is 10.2. The van der Waals surface area contributed by atoms with Crippen LogP contribution in [0.2, 0.25) is 5.02 Å². The summed E-state index contributed by atoms with van der Waals surface area (Å²) in [5.41, 5.74) is 5.11. The Balaban J connectivity index is 2.79. The van der Waals surface area contributed by atoms with Gasteiger partial charge in [-0.2, -0.15) is 0 Å². The number of nitrogens with one attached hydrogen (secondary N) is 1. The van der Waals surface area contributed by atoms with Gasteiger partial charge in [0.05, 0.1) is 16.0 Å². The molecule has 0 radical (unpaired) electrons. The Morgan fingerprint density at radius 1 is 1.44 bits per heavy atom. The standard InChI is InChI=1S/C12H15ClN2O3/c1-12(2,11(17)18)6-15-7-3-4-8(10(14)16)9(13)5-7/h3-5,15H,6H2,1-2H3,(H2,14,16)(H,17,18). The highest BCUT2D eigenvalue weighted by atomic mass is 35.5. The molecule has 0 fully saturated rings. The van der Waals surface area contributed by atoms with Crippen LogP contribution in [-0.2, 0) is 4.79 Å². The Morgan fingerprint density at radius 3 is 2.50 bits per heavy atom. The monoisotopic (exact) mass is 270 g/mol. The van der Waals surface area contributed by atoms with Gasteiger partial charge in [-0.05, 0) is 32.0 Å². The quantitative estimate of drug-likeness (QED) is 0.762. The highest BCUT2D eigenvalue weighted by Gasteiger charge is 2.26. The van der Waals surface area contributed by atoms with Crippen molar-refractivity contribution in [3.63, 3.8) is 0 Å². The van der Waals surface area contributed by atoms with E-state index < -0.39 is 17.3 Å². The molecule has 5 nitrogen and oxygen atoms in total. The number of halogens is 1. The number of benzene rings is 1. The lowest BCUT2D eigenvalue weighted by Crippen LogP contribution is -2.31. The van der Waals surface area contributed by atoms with Gasteiger partial charge < -0.3 is 16.2 Å². The van der Waals surface area contributed by atoms with E-state index in [1.54, 1.807) is 26.0 Å². The topological polar surface area (TPSA) is 92.4 Å². The van der Waals surface area contributed by atoms with Crippen molar-refractivity contribution in [1.29, 1.82) is 0 Å². The highest BCUT2D eigenvalue weighted by Crippen LogP contribution is 2.22. The predicted octanol–water partition coefficient (Wildman–Crippen LogP) is 1.96. The Morgan fingerprint density at radius 2 is 2.06 bits per heavy atom. The lowest BCUT2D eigenvalue weighted by molar-refractivity contribution is -0.146. The molecule has 4 N–H and O–H groups in total. The van der Waals surface area contributed by atoms with E-state index in [1.807, 2.05) is 0 Å². The van der Waals surface area contributed by atoms with Crippen LogP contribution < -0.4 is 11.1 Å². The molecule has 0 aliphatic heterocycles. The molecule has 1 rings (SSSR count). The number of carboxylic acid groups (broad SMARTS) is 1. The van der Waals surface area contributed by atoms with E-state index in [9.17, 15) is 9.59 Å². The summed E-state index contributed by atoms with van der Waals surface area (Å²) < 4.78 is 0. The number of anilines is 1. The molecular formula is C12H15ClN2O3. The summed E-state index contributed by atoms with van der Waals surface area (Å²) >= 11 is 5.88. The Labute approximate surface area is 110 Å². The van der Waals surface area contributed by atoms with E-state index in [0.717, 1.165) is 0 Å². The SMILES string of the molecule is CC(C)(CNc1ccc(C(N)=O)c(Cl)c1)C(=O)O. The minimum atomic E-state index is -0.894. The molecule has 0 aliphatic rings. The van der Waals surface area contributed by atoms with Crippen LogP contribution in [0.25, 0.3) is 0 Å². The summed E-state index contributed by atoms with van der Waals surface area (Å²) in [5.74, 6) is -1.49. The molecule has 1 aromatic carbocycles. The van der Waals surface area contributed by atoms with E-state index in [1.165, 1.54) is 6.07 Å². The van der Waals surface area contributed by atoms with Crippen molar-refractivity contribution in [2.45, 2.75) is 13.8 Å². The number of carbonyl (C=O) groups excluding carboxylic acids is 1. The van der Waals surface area contributed by atoms with Crippen molar-refractivity contribution in [3.8, 4) is 0 Å². The molecule has 0 heterocycles. The molecule has 0 saturated heterocycles. The van der Waals surface area contributed by atoms with E-state index in [2.05, 4.69) is 5.32 Å². The number of carbonyl (C=O) groups is 2. The molecule has 0 atom stereocenters. The Kier molecular flexibility index (Phi) is 4.19. The van der Waals surface area contributed by atoms with Gasteiger partial charge in [0, 0.05) is 12.2 Å². The largest absolute Gasteiger partial charge is 0.481 e. The first-order valence-electron chi connectivity index (χ1n) is 5.30. The van der Waals surface area contributed by atoms with Gasteiger partial charge in [-0.3, -0.25) is 9.59 Å². The second kappa shape index (κ2) is 5.27. The predicted molar refractivity (Wildman–Crippen MR) is 69.9 cm³/mol. The maximum atomic E-state index is 11.0. The van der Waals surface area contributed by atoms with E-state index in [-0.39, 0.29) is 17.1 Å². The summed E-state index contributed by atoms with van der Waals surface area (Å²) in [6.07, 6.45) is 0. The van der Waals surface area contributed by atoms with Gasteiger partial charge in [-0.1, -0.05) is 11.6 Å². The fraction of sp³-hybridized carbons (Fsp3) is 0.333. The van der Waals surface area contributed by atoms with Crippen LogP contribution in [0.15, 0.2) is 18.2 Å². The van der Waals surface area contributed by atoms with Crippen molar-refractivity contribution in [2.75, 3.05) is 11.9 Å². The van der Waals surface area contributed by atoms with Crippen LogP contribution in [0.1, 0.15) is 24.2 Å². The number of aliphatic carboxylic acids is 1. The first-order chi connectivity index (χ1) is 8.24. The van der Waals surface area contributed by atoms with Gasteiger partial charge in [-0.15, -0.1) is 0 Å². The van der Waals surface area contributed by atoms with Gasteiger partial charge in [0.1, 0.15) is 0 Å². The van der Waals surface area contributed by atoms with Crippen molar-refractivity contribution in [2.24, 2.45) is 11.1 Å². The number of amides is 1. The average molecular weight is 271 g/mol. The van der Waals surface area contributed by atoms with E-state index in [0.29, 0.717) is 5.69 Å². The molecule has 0 bridgehead atoms. The molecule has 6 heteroatoms. The summed E-state index contributed by atoms with van der Waals surface area (Å²) in [4.78, 5) is 21.9. The lowest BCUT2D eigenvalue weighted by atomic mass is 9.94. The summed E-state index contributed by atoms with van der Waals surface area (Å²) in [7, 11) is 0. The zero-order chi connectivity index (χ0) is 13.9. The minimum Gasteiger partial charge on any atom is -0.481 e. The average Bonchev–Trinajstić information content (AvgIpc) is 2.25. The van der Waals surface area contributed by atoms with Crippen LogP contribution >= 0.6 is 11.6 Å². The molecular weight excluding hydrogens is 256 g/mol. The van der Waals surface area contributed by atoms with E-state index in [4.69, 9.17) is 22.4 Å². The van der Waals surface area contributed by atoms with E-state index >= 15 is 0 Å². The fourth-order valence-electron chi connectivity index (χ4n) is 1.22. The van der Waals surface area contributed by atoms with Crippen molar-refractivity contribution >= 4 is 29.2 Å². The van der Waals surface area contributed by atoms with Gasteiger partial charge in [0.25, 0.3) is 0 Å². The first kappa shape index (κ1) is 14.3. The minimum absolute atomic E-state index is 0.236. The first-order valence-corrected chi connectivity index (χ1v) is 5.68. The van der Waals surface area contributed by atoms with Crippen LogP contribution in [0, 0.1) is 5.41 Å². The van der Waals surface area contributed by atoms with Crippen LogP contribution in [0.5, 0.6) is 0 Å². The van der Waals surface area contributed by atoms with Crippen molar-refractivity contribution in [3.05, 3.63) is 28.8 Å². The zero-order valence-corrected chi connectivity index (χ0v) is 10.9. The maximum Gasteiger partial charge on any atom is 0.310 e. The van der Waals surface area contributed by atoms with Crippen molar-refractivity contribution < 1.29 is 14.7 Å². The third kappa shape index (κ3) is 3.37. The molecule has 1 aromatic rings. The van der Waals surface area contributed by atoms with Gasteiger partial charge >= 0.3 is 5.97 Å². The van der Waals surface area contributed by atoms with Gasteiger partial charge in [0.2, 0.25) is 5.91 Å². The third-order valence-corrected chi connectivity index (χ3v) is 2.86. The third-order valence-electron chi connectivity index (χ3n) is 2.55. The molecule has 0 aliphatic carbocycles. The number of primary amides is 1. The maximum absolute atomic E-state index is 11.0. The molecule has 0 spiro atoms. The number of rotatable bonds is 5. The van der Waals surface area contributed by atoms with Gasteiger partial charge in [-0.25, -0.2) is 0 Å². The molecule has 0 saturated carbocycles. The Hall–Kier alpha value is -1.75. The number of carboxylic acids is 1. The number of hydrogen-bond acceptors (Lipinski definition) is 3. The lowest BCUT2D eigenvalue weighted by Gasteiger charge is -2.20. The highest BCUT2D eigenvalue weighted by molar-refractivity contribution is 6.34. The summed E-state index contributed by atoms with van der Waals surface area (Å²) in [6.45, 7) is 3.47. The normalized spacial score (nSPS) is 11.1. The number of hydrogen-bond donors (Lipinski definition) is 3. The second-order valence-electron chi connectivity index (χ2n) is 4.60. The fourth-order valence-corrected chi connectivity index (χ4v) is 1.50.